The summed E-state index contributed by atoms with van der Waals surface area (Å²) in [6, 6.07) is 66.3. The highest BCUT2D eigenvalue weighted by atomic mass is 16.6. The molecule has 0 spiro atoms. The summed E-state index contributed by atoms with van der Waals surface area (Å²) >= 11 is 0. The van der Waals surface area contributed by atoms with E-state index in [2.05, 4.69) is 0 Å². The first-order chi connectivity index (χ1) is 32.1. The zero-order valence-electron chi connectivity index (χ0n) is 35.8. The van der Waals surface area contributed by atoms with Crippen LogP contribution in [0.15, 0.2) is 206 Å². The Hall–Kier alpha value is -7.97. The van der Waals surface area contributed by atoms with Crippen molar-refractivity contribution in [3.8, 4) is 34.5 Å². The van der Waals surface area contributed by atoms with Crippen molar-refractivity contribution < 1.29 is 38.0 Å². The monoisotopic (exact) mass is 860 g/mol. The normalized spacial score (nSPS) is 14.0. The van der Waals surface area contributed by atoms with Gasteiger partial charge < -0.3 is 33.2 Å². The van der Waals surface area contributed by atoms with Crippen LogP contribution in [0.1, 0.15) is 55.4 Å². The van der Waals surface area contributed by atoms with E-state index in [1.807, 2.05) is 182 Å². The van der Waals surface area contributed by atoms with Gasteiger partial charge >= 0.3 is 5.97 Å². The maximum Gasteiger partial charge on any atom is 0.338 e. The number of fused-ring (bicyclic) bond motifs is 1. The van der Waals surface area contributed by atoms with Crippen LogP contribution in [0.25, 0.3) is 0 Å². The lowest BCUT2D eigenvalue weighted by Gasteiger charge is -2.35. The maximum absolute atomic E-state index is 14.1. The summed E-state index contributed by atoms with van der Waals surface area (Å²) in [5.74, 6) is 2.95. The third kappa shape index (κ3) is 11.4. The van der Waals surface area contributed by atoms with E-state index in [1.165, 1.54) is 0 Å². The highest BCUT2D eigenvalue weighted by Crippen LogP contribution is 2.45. The summed E-state index contributed by atoms with van der Waals surface area (Å²) in [6.45, 7) is 1.74. The maximum atomic E-state index is 14.1. The SMILES string of the molecule is O=C(O[C@H]1Cc2c(OCc3ccccc3)cc(OCc3ccccc3)cc2O[C@H]1c1ccc(OCc2ccccc2)c(OCc2ccccc2)c1)c1ccc(OCc2ccccc2)cc1. The van der Waals surface area contributed by atoms with Gasteiger partial charge in [0.15, 0.2) is 17.6 Å². The van der Waals surface area contributed by atoms with Crippen molar-refractivity contribution in [2.45, 2.75) is 51.7 Å². The molecule has 8 aromatic carbocycles. The lowest BCUT2D eigenvalue weighted by atomic mass is 9.93. The first kappa shape index (κ1) is 42.3. The Morgan fingerprint density at radius 1 is 0.431 bits per heavy atom. The van der Waals surface area contributed by atoms with Gasteiger partial charge in [0.25, 0.3) is 0 Å². The van der Waals surface area contributed by atoms with Crippen LogP contribution >= 0.6 is 0 Å². The molecule has 0 aromatic heterocycles. The second kappa shape index (κ2) is 20.9. The van der Waals surface area contributed by atoms with Crippen LogP contribution in [0.3, 0.4) is 0 Å². The highest BCUT2D eigenvalue weighted by molar-refractivity contribution is 5.89. The summed E-state index contributed by atoms with van der Waals surface area (Å²) in [4.78, 5) is 14.1. The molecule has 0 unspecified atom stereocenters. The van der Waals surface area contributed by atoms with Gasteiger partial charge in [0, 0.05) is 29.7 Å². The Balaban J connectivity index is 1.04. The molecule has 1 heterocycles. The average molecular weight is 861 g/mol. The van der Waals surface area contributed by atoms with Crippen molar-refractivity contribution in [1.82, 2.24) is 0 Å². The molecule has 8 heteroatoms. The van der Waals surface area contributed by atoms with Crippen molar-refractivity contribution in [2.24, 2.45) is 0 Å². The van der Waals surface area contributed by atoms with Gasteiger partial charge in [-0.1, -0.05) is 158 Å². The fraction of sp³-hybridized carbons (Fsp3) is 0.140. The third-order valence-electron chi connectivity index (χ3n) is 11.0. The summed E-state index contributed by atoms with van der Waals surface area (Å²) in [5.41, 5.74) is 6.97. The van der Waals surface area contributed by atoms with Gasteiger partial charge in [0.05, 0.1) is 5.56 Å². The van der Waals surface area contributed by atoms with Crippen LogP contribution in [-0.2, 0) is 44.2 Å². The molecular formula is C57H48O8. The zero-order chi connectivity index (χ0) is 44.0. The van der Waals surface area contributed by atoms with E-state index in [-0.39, 0.29) is 0 Å². The molecule has 8 nitrogen and oxygen atoms in total. The molecule has 0 N–H and O–H groups in total. The number of esters is 1. The number of ether oxygens (including phenoxy) is 7. The largest absolute Gasteiger partial charge is 0.489 e. The molecule has 0 radical (unpaired) electrons. The molecule has 1 aliphatic heterocycles. The van der Waals surface area contributed by atoms with E-state index in [0.717, 1.165) is 38.9 Å². The van der Waals surface area contributed by atoms with Crippen LogP contribution in [0.4, 0.5) is 0 Å². The van der Waals surface area contributed by atoms with Gasteiger partial charge in [0.2, 0.25) is 0 Å². The molecule has 0 saturated heterocycles. The van der Waals surface area contributed by atoms with E-state index in [4.69, 9.17) is 33.2 Å². The zero-order valence-corrected chi connectivity index (χ0v) is 35.8. The Morgan fingerprint density at radius 3 is 1.38 bits per heavy atom. The fourth-order valence-corrected chi connectivity index (χ4v) is 7.54. The van der Waals surface area contributed by atoms with Crippen molar-refractivity contribution in [2.75, 3.05) is 0 Å². The molecule has 0 bridgehead atoms. The second-order valence-electron chi connectivity index (χ2n) is 15.7. The minimum atomic E-state index is -0.780. The van der Waals surface area contributed by atoms with E-state index >= 15 is 0 Å². The van der Waals surface area contributed by atoms with Gasteiger partial charge in [-0.15, -0.1) is 0 Å². The molecule has 65 heavy (non-hydrogen) atoms. The molecule has 0 aliphatic carbocycles. The van der Waals surface area contributed by atoms with Crippen LogP contribution in [0.2, 0.25) is 0 Å². The lowest BCUT2D eigenvalue weighted by Crippen LogP contribution is -2.35. The van der Waals surface area contributed by atoms with Crippen molar-refractivity contribution >= 4 is 5.97 Å². The quantitative estimate of drug-likeness (QED) is 0.0789. The molecule has 8 aromatic rings. The molecule has 324 valence electrons. The highest BCUT2D eigenvalue weighted by Gasteiger charge is 2.37. The molecule has 0 fully saturated rings. The smallest absolute Gasteiger partial charge is 0.338 e. The minimum absolute atomic E-state index is 0.291. The topological polar surface area (TPSA) is 81.7 Å². The fourth-order valence-electron chi connectivity index (χ4n) is 7.54. The lowest BCUT2D eigenvalue weighted by molar-refractivity contribution is -0.0190. The Kier molecular flexibility index (Phi) is 13.6. The Bertz CT molecular complexity index is 2750. The number of benzene rings is 8. The van der Waals surface area contributed by atoms with Gasteiger partial charge in [0.1, 0.15) is 62.1 Å². The molecule has 0 saturated carbocycles. The van der Waals surface area contributed by atoms with Gasteiger partial charge in [-0.25, -0.2) is 4.79 Å². The third-order valence-corrected chi connectivity index (χ3v) is 11.0. The van der Waals surface area contributed by atoms with Crippen LogP contribution in [0, 0.1) is 0 Å². The van der Waals surface area contributed by atoms with Crippen LogP contribution in [0.5, 0.6) is 34.5 Å². The first-order valence-corrected chi connectivity index (χ1v) is 21.7. The van der Waals surface area contributed by atoms with Gasteiger partial charge in [-0.2, -0.15) is 0 Å². The number of hydrogen-bond donors (Lipinski definition) is 0. The predicted octanol–water partition coefficient (Wildman–Crippen LogP) is 12.5. The first-order valence-electron chi connectivity index (χ1n) is 21.7. The van der Waals surface area contributed by atoms with E-state index < -0.39 is 18.2 Å². The van der Waals surface area contributed by atoms with E-state index in [0.29, 0.717) is 79.5 Å². The number of carbonyl (C=O) groups excluding carboxylic acids is 1. The Morgan fingerprint density at radius 2 is 0.877 bits per heavy atom. The second-order valence-corrected chi connectivity index (χ2v) is 15.7. The average Bonchev–Trinajstić information content (AvgIpc) is 3.37. The van der Waals surface area contributed by atoms with Crippen molar-refractivity contribution in [3.05, 3.63) is 251 Å². The van der Waals surface area contributed by atoms with E-state index in [1.54, 1.807) is 24.3 Å². The van der Waals surface area contributed by atoms with Crippen molar-refractivity contribution in [1.29, 1.82) is 0 Å². The van der Waals surface area contributed by atoms with Crippen LogP contribution < -0.4 is 28.4 Å². The summed E-state index contributed by atoms with van der Waals surface area (Å²) < 4.78 is 45.3. The van der Waals surface area contributed by atoms with Crippen LogP contribution in [-0.4, -0.2) is 12.1 Å². The standard InChI is InChI=1S/C57H48O8/c58-57(46-26-29-48(30-27-46)59-36-41-16-6-1-7-17-41)65-55-35-50-52(62-39-44-22-12-4-13-23-44)33-49(60-37-42-18-8-2-9-19-42)34-53(50)64-56(55)47-28-31-51(61-38-43-20-10-3-11-21-43)54(32-47)63-40-45-24-14-5-15-25-45/h1-34,55-56H,35-40H2/t55-,56-/m0/s1. The van der Waals surface area contributed by atoms with E-state index in [9.17, 15) is 4.79 Å². The summed E-state index contributed by atoms with van der Waals surface area (Å²) in [7, 11) is 0. The molecule has 1 aliphatic rings. The molecule has 2 atom stereocenters. The van der Waals surface area contributed by atoms with Gasteiger partial charge in [-0.05, 0) is 64.2 Å². The minimum Gasteiger partial charge on any atom is -0.489 e. The number of carbonyl (C=O) groups is 1. The summed E-state index contributed by atoms with van der Waals surface area (Å²) in [6.07, 6.45) is -1.25. The summed E-state index contributed by atoms with van der Waals surface area (Å²) in [5, 5.41) is 0. The Labute approximate surface area is 379 Å². The predicted molar refractivity (Wildman–Crippen MR) is 249 cm³/mol. The molecule has 0 amide bonds. The number of hydrogen-bond acceptors (Lipinski definition) is 8. The molecule has 9 rings (SSSR count). The number of rotatable bonds is 18. The van der Waals surface area contributed by atoms with Crippen molar-refractivity contribution in [3.63, 3.8) is 0 Å². The molecular weight excluding hydrogens is 813 g/mol. The van der Waals surface area contributed by atoms with Gasteiger partial charge in [-0.3, -0.25) is 0 Å².